The van der Waals surface area contributed by atoms with Gasteiger partial charge in [0.1, 0.15) is 0 Å². The Balaban J connectivity index is 2.16. The molecule has 1 amide bonds. The van der Waals surface area contributed by atoms with Crippen molar-refractivity contribution >= 4 is 5.91 Å². The van der Waals surface area contributed by atoms with Crippen LogP contribution in [-0.4, -0.2) is 31.2 Å². The molecule has 1 saturated heterocycles. The lowest BCUT2D eigenvalue weighted by molar-refractivity contribution is -0.143. The van der Waals surface area contributed by atoms with E-state index in [0.717, 1.165) is 19.3 Å². The third-order valence-corrected chi connectivity index (χ3v) is 3.68. The van der Waals surface area contributed by atoms with Crippen molar-refractivity contribution in [3.8, 4) is 0 Å². The van der Waals surface area contributed by atoms with Gasteiger partial charge in [0.05, 0.1) is 0 Å². The van der Waals surface area contributed by atoms with Gasteiger partial charge in [-0.15, -0.1) is 0 Å². The molecule has 1 unspecified atom stereocenters. The van der Waals surface area contributed by atoms with Crippen molar-refractivity contribution in [1.29, 1.82) is 0 Å². The number of amides is 1. The molecule has 1 atom stereocenters. The Kier molecular flexibility index (Phi) is 2.26. The summed E-state index contributed by atoms with van der Waals surface area (Å²) in [6.45, 7) is 3.15. The normalized spacial score (nSPS) is 34.1. The molecule has 2 aliphatic rings. The Morgan fingerprint density at radius 3 is 2.71 bits per heavy atom. The Bertz CT molecular complexity index is 253. The van der Waals surface area contributed by atoms with Crippen LogP contribution in [0.3, 0.4) is 0 Å². The predicted octanol–water partition coefficient (Wildman–Crippen LogP) is 0.604. The second-order valence-electron chi connectivity index (χ2n) is 4.40. The van der Waals surface area contributed by atoms with Crippen LogP contribution in [0.5, 0.6) is 0 Å². The van der Waals surface area contributed by atoms with Gasteiger partial charge in [0.2, 0.25) is 5.67 Å². The highest BCUT2D eigenvalue weighted by molar-refractivity contribution is 5.87. The average molecular weight is 200 g/mol. The van der Waals surface area contributed by atoms with Crippen LogP contribution < -0.4 is 10.6 Å². The molecule has 1 aliphatic heterocycles. The van der Waals surface area contributed by atoms with Gasteiger partial charge in [-0.3, -0.25) is 4.79 Å². The molecule has 1 heterocycles. The van der Waals surface area contributed by atoms with E-state index in [-0.39, 0.29) is 6.54 Å². The summed E-state index contributed by atoms with van der Waals surface area (Å²) in [4.78, 5) is 11.6. The molecule has 2 fully saturated rings. The van der Waals surface area contributed by atoms with Crippen molar-refractivity contribution in [3.63, 3.8) is 0 Å². The van der Waals surface area contributed by atoms with E-state index in [2.05, 4.69) is 10.6 Å². The Morgan fingerprint density at radius 2 is 2.21 bits per heavy atom. The molecular formula is C10H17FN2O. The van der Waals surface area contributed by atoms with Gasteiger partial charge < -0.3 is 10.6 Å². The fraction of sp³-hybridized carbons (Fsp3) is 0.900. The first-order valence-electron chi connectivity index (χ1n) is 5.33. The molecule has 14 heavy (non-hydrogen) atoms. The highest BCUT2D eigenvalue weighted by atomic mass is 19.1. The molecular weight excluding hydrogens is 183 g/mol. The van der Waals surface area contributed by atoms with Gasteiger partial charge in [0.25, 0.3) is 5.91 Å². The quantitative estimate of drug-likeness (QED) is 0.685. The van der Waals surface area contributed by atoms with Crippen LogP contribution in [0.15, 0.2) is 0 Å². The standard InChI is InChI=1S/C10H17FN2O/c1-2-13-8(14)10(11)7-12-6-9(10)4-3-5-9/h12H,2-7H2,1H3,(H,13,14). The van der Waals surface area contributed by atoms with E-state index in [0.29, 0.717) is 13.1 Å². The van der Waals surface area contributed by atoms with Crippen molar-refractivity contribution in [2.45, 2.75) is 31.9 Å². The van der Waals surface area contributed by atoms with E-state index in [1.165, 1.54) is 0 Å². The van der Waals surface area contributed by atoms with Gasteiger partial charge in [-0.25, -0.2) is 4.39 Å². The number of halogens is 1. The first-order valence-corrected chi connectivity index (χ1v) is 5.33. The smallest absolute Gasteiger partial charge is 0.259 e. The monoisotopic (exact) mass is 200 g/mol. The van der Waals surface area contributed by atoms with Gasteiger partial charge in [-0.2, -0.15) is 0 Å². The van der Waals surface area contributed by atoms with Crippen LogP contribution >= 0.6 is 0 Å². The summed E-state index contributed by atoms with van der Waals surface area (Å²) in [6.07, 6.45) is 2.73. The van der Waals surface area contributed by atoms with Crippen LogP contribution in [0.4, 0.5) is 4.39 Å². The summed E-state index contributed by atoms with van der Waals surface area (Å²) >= 11 is 0. The van der Waals surface area contributed by atoms with Crippen LogP contribution in [0.25, 0.3) is 0 Å². The molecule has 80 valence electrons. The van der Waals surface area contributed by atoms with Gasteiger partial charge in [0.15, 0.2) is 0 Å². The van der Waals surface area contributed by atoms with Crippen molar-refractivity contribution in [2.75, 3.05) is 19.6 Å². The number of carbonyl (C=O) groups excluding carboxylic acids is 1. The fourth-order valence-corrected chi connectivity index (χ4v) is 2.60. The fourth-order valence-electron chi connectivity index (χ4n) is 2.60. The molecule has 0 bridgehead atoms. The summed E-state index contributed by atoms with van der Waals surface area (Å²) in [5, 5.41) is 5.61. The predicted molar refractivity (Wildman–Crippen MR) is 51.7 cm³/mol. The largest absolute Gasteiger partial charge is 0.354 e. The van der Waals surface area contributed by atoms with Crippen LogP contribution in [0, 0.1) is 5.41 Å². The lowest BCUT2D eigenvalue weighted by Gasteiger charge is -2.45. The second-order valence-corrected chi connectivity index (χ2v) is 4.40. The summed E-state index contributed by atoms with van der Waals surface area (Å²) in [6, 6.07) is 0. The first-order chi connectivity index (χ1) is 6.65. The van der Waals surface area contributed by atoms with E-state index < -0.39 is 17.0 Å². The van der Waals surface area contributed by atoms with E-state index in [1.54, 1.807) is 0 Å². The number of hydrogen-bond acceptors (Lipinski definition) is 2. The Morgan fingerprint density at radius 1 is 1.50 bits per heavy atom. The molecule has 1 aliphatic carbocycles. The Labute approximate surface area is 83.4 Å². The van der Waals surface area contributed by atoms with E-state index in [9.17, 15) is 9.18 Å². The third kappa shape index (κ3) is 1.10. The highest BCUT2D eigenvalue weighted by Crippen LogP contribution is 2.53. The highest BCUT2D eigenvalue weighted by Gasteiger charge is 2.62. The van der Waals surface area contributed by atoms with Gasteiger partial charge in [0, 0.05) is 25.0 Å². The molecule has 2 N–H and O–H groups in total. The molecule has 4 heteroatoms. The number of alkyl halides is 1. The summed E-state index contributed by atoms with van der Waals surface area (Å²) < 4.78 is 14.5. The van der Waals surface area contributed by atoms with Crippen molar-refractivity contribution in [2.24, 2.45) is 5.41 Å². The second kappa shape index (κ2) is 3.19. The molecule has 3 nitrogen and oxygen atoms in total. The van der Waals surface area contributed by atoms with E-state index in [4.69, 9.17) is 0 Å². The minimum Gasteiger partial charge on any atom is -0.354 e. The number of rotatable bonds is 2. The topological polar surface area (TPSA) is 41.1 Å². The summed E-state index contributed by atoms with van der Waals surface area (Å²) in [7, 11) is 0. The summed E-state index contributed by atoms with van der Waals surface area (Å²) in [5.41, 5.74) is -2.06. The minimum atomic E-state index is -1.67. The molecule has 0 aromatic heterocycles. The third-order valence-electron chi connectivity index (χ3n) is 3.68. The molecule has 0 radical (unpaired) electrons. The van der Waals surface area contributed by atoms with Gasteiger partial charge in [-0.05, 0) is 19.8 Å². The van der Waals surface area contributed by atoms with Gasteiger partial charge >= 0.3 is 0 Å². The number of hydrogen-bond donors (Lipinski definition) is 2. The summed E-state index contributed by atoms with van der Waals surface area (Å²) in [5.74, 6) is -0.426. The zero-order valence-electron chi connectivity index (χ0n) is 8.53. The van der Waals surface area contributed by atoms with Crippen molar-refractivity contribution < 1.29 is 9.18 Å². The molecule has 1 saturated carbocycles. The van der Waals surface area contributed by atoms with Crippen molar-refractivity contribution in [1.82, 2.24) is 10.6 Å². The van der Waals surface area contributed by atoms with E-state index in [1.807, 2.05) is 6.92 Å². The van der Waals surface area contributed by atoms with Crippen LogP contribution in [0.2, 0.25) is 0 Å². The van der Waals surface area contributed by atoms with Gasteiger partial charge in [-0.1, -0.05) is 6.42 Å². The van der Waals surface area contributed by atoms with Crippen LogP contribution in [0.1, 0.15) is 26.2 Å². The lowest BCUT2D eigenvalue weighted by Crippen LogP contribution is -2.57. The maximum Gasteiger partial charge on any atom is 0.259 e. The first kappa shape index (κ1) is 9.90. The van der Waals surface area contributed by atoms with Crippen LogP contribution in [-0.2, 0) is 4.79 Å². The molecule has 1 spiro atoms. The number of carbonyl (C=O) groups is 1. The lowest BCUT2D eigenvalue weighted by atomic mass is 9.61. The SMILES string of the molecule is CCNC(=O)C1(F)CNCC12CCC2. The number of nitrogens with one attached hydrogen (secondary N) is 2. The zero-order chi connectivity index (χ0) is 10.2. The Hall–Kier alpha value is -0.640. The maximum absolute atomic E-state index is 14.5. The maximum atomic E-state index is 14.5. The molecule has 2 rings (SSSR count). The zero-order valence-corrected chi connectivity index (χ0v) is 8.53. The molecule has 0 aromatic rings. The average Bonchev–Trinajstić information content (AvgIpc) is 2.44. The van der Waals surface area contributed by atoms with E-state index >= 15 is 0 Å². The molecule has 0 aromatic carbocycles. The minimum absolute atomic E-state index is 0.179. The van der Waals surface area contributed by atoms with Crippen molar-refractivity contribution in [3.05, 3.63) is 0 Å².